The molecule has 15 heavy (non-hydrogen) atoms. The summed E-state index contributed by atoms with van der Waals surface area (Å²) in [5.74, 6) is -0.708. The van der Waals surface area contributed by atoms with Crippen LogP contribution in [0.15, 0.2) is 0 Å². The molecular formula is C11H20O4. The maximum Gasteiger partial charge on any atom is 0.312 e. The van der Waals surface area contributed by atoms with Gasteiger partial charge in [-0.05, 0) is 13.3 Å². The van der Waals surface area contributed by atoms with Gasteiger partial charge in [0.05, 0.1) is 12.0 Å². The van der Waals surface area contributed by atoms with Gasteiger partial charge in [0.15, 0.2) is 5.79 Å². The van der Waals surface area contributed by atoms with Gasteiger partial charge in [0.25, 0.3) is 0 Å². The molecule has 0 aromatic heterocycles. The minimum absolute atomic E-state index is 0.128. The van der Waals surface area contributed by atoms with Gasteiger partial charge in [-0.15, -0.1) is 0 Å². The minimum Gasteiger partial charge on any atom is -0.466 e. The number of hydrogen-bond donors (Lipinski definition) is 0. The lowest BCUT2D eigenvalue weighted by Crippen LogP contribution is -2.58. The van der Waals surface area contributed by atoms with Gasteiger partial charge in [-0.1, -0.05) is 6.92 Å². The molecule has 0 bridgehead atoms. The molecule has 1 rings (SSSR count). The van der Waals surface area contributed by atoms with Gasteiger partial charge in [0, 0.05) is 27.1 Å². The zero-order chi connectivity index (χ0) is 11.5. The highest BCUT2D eigenvalue weighted by molar-refractivity contribution is 5.78. The topological polar surface area (TPSA) is 44.8 Å². The molecule has 0 unspecified atom stereocenters. The molecule has 0 aliphatic heterocycles. The lowest BCUT2D eigenvalue weighted by Gasteiger charge is -2.51. The number of methoxy groups -OCH3 is 2. The van der Waals surface area contributed by atoms with E-state index in [2.05, 4.69) is 0 Å². The molecule has 0 radical (unpaired) electrons. The number of hydrogen-bond acceptors (Lipinski definition) is 4. The second-order valence-electron chi connectivity index (χ2n) is 4.03. The van der Waals surface area contributed by atoms with Crippen molar-refractivity contribution < 1.29 is 19.0 Å². The van der Waals surface area contributed by atoms with Crippen LogP contribution in [-0.2, 0) is 19.0 Å². The van der Waals surface area contributed by atoms with Crippen LogP contribution in [0.4, 0.5) is 0 Å². The summed E-state index contributed by atoms with van der Waals surface area (Å²) in [5.41, 5.74) is -0.401. The molecule has 4 nitrogen and oxygen atoms in total. The molecule has 0 heterocycles. The maximum atomic E-state index is 11.8. The molecule has 0 saturated heterocycles. The van der Waals surface area contributed by atoms with Gasteiger partial charge < -0.3 is 14.2 Å². The van der Waals surface area contributed by atoms with Gasteiger partial charge >= 0.3 is 5.97 Å². The third-order valence-corrected chi connectivity index (χ3v) is 3.34. The van der Waals surface area contributed by atoms with Crippen LogP contribution < -0.4 is 0 Å². The summed E-state index contributed by atoms with van der Waals surface area (Å²) < 4.78 is 15.6. The summed E-state index contributed by atoms with van der Waals surface area (Å²) in [6.07, 6.45) is 1.94. The van der Waals surface area contributed by atoms with Gasteiger partial charge in [-0.25, -0.2) is 0 Å². The highest BCUT2D eigenvalue weighted by Crippen LogP contribution is 2.53. The van der Waals surface area contributed by atoms with Gasteiger partial charge in [0.1, 0.15) is 0 Å². The third kappa shape index (κ3) is 2.01. The Morgan fingerprint density at radius 2 is 1.73 bits per heavy atom. The van der Waals surface area contributed by atoms with E-state index in [1.165, 1.54) is 0 Å². The summed E-state index contributed by atoms with van der Waals surface area (Å²) in [5, 5.41) is 0. The van der Waals surface area contributed by atoms with Crippen LogP contribution in [0, 0.1) is 5.41 Å². The Kier molecular flexibility index (Phi) is 3.73. The van der Waals surface area contributed by atoms with Gasteiger partial charge in [-0.2, -0.15) is 0 Å². The van der Waals surface area contributed by atoms with Gasteiger partial charge in [0.2, 0.25) is 0 Å². The molecular weight excluding hydrogens is 196 g/mol. The van der Waals surface area contributed by atoms with Crippen LogP contribution in [0.2, 0.25) is 0 Å². The molecule has 0 N–H and O–H groups in total. The Balaban J connectivity index is 2.65. The Hall–Kier alpha value is -0.610. The molecule has 0 amide bonds. The minimum atomic E-state index is -0.581. The fourth-order valence-electron chi connectivity index (χ4n) is 2.17. The first-order valence-corrected chi connectivity index (χ1v) is 5.35. The standard InChI is InChI=1S/C11H20O4/c1-5-10(9(12)15-6-2)7-11(8-10,13-3)14-4/h5-8H2,1-4H3. The summed E-state index contributed by atoms with van der Waals surface area (Å²) in [6, 6.07) is 0. The van der Waals surface area contributed by atoms with Crippen molar-refractivity contribution in [2.75, 3.05) is 20.8 Å². The van der Waals surface area contributed by atoms with E-state index in [0.29, 0.717) is 19.4 Å². The number of ether oxygens (including phenoxy) is 3. The second kappa shape index (κ2) is 4.49. The predicted octanol–water partition coefficient (Wildman–Crippen LogP) is 1.73. The number of rotatable bonds is 5. The Labute approximate surface area is 90.9 Å². The first-order chi connectivity index (χ1) is 7.08. The summed E-state index contributed by atoms with van der Waals surface area (Å²) in [6.45, 7) is 4.24. The lowest BCUT2D eigenvalue weighted by molar-refractivity contribution is -0.296. The van der Waals surface area contributed by atoms with E-state index in [0.717, 1.165) is 6.42 Å². The fraction of sp³-hybridized carbons (Fsp3) is 0.909. The van der Waals surface area contributed by atoms with E-state index in [1.807, 2.05) is 13.8 Å². The molecule has 88 valence electrons. The zero-order valence-electron chi connectivity index (χ0n) is 9.96. The van der Waals surface area contributed by atoms with Crippen molar-refractivity contribution in [2.24, 2.45) is 5.41 Å². The molecule has 1 aliphatic rings. The molecule has 1 aliphatic carbocycles. The van der Waals surface area contributed by atoms with Crippen LogP contribution >= 0.6 is 0 Å². The maximum absolute atomic E-state index is 11.8. The van der Waals surface area contributed by atoms with Crippen molar-refractivity contribution in [2.45, 2.75) is 38.9 Å². The van der Waals surface area contributed by atoms with E-state index >= 15 is 0 Å². The van der Waals surface area contributed by atoms with Crippen LogP contribution in [0.5, 0.6) is 0 Å². The van der Waals surface area contributed by atoms with E-state index in [4.69, 9.17) is 14.2 Å². The molecule has 1 fully saturated rings. The highest BCUT2D eigenvalue weighted by atomic mass is 16.7. The highest BCUT2D eigenvalue weighted by Gasteiger charge is 2.60. The number of carbonyl (C=O) groups excluding carboxylic acids is 1. The Morgan fingerprint density at radius 1 is 1.20 bits per heavy atom. The summed E-state index contributed by atoms with van der Waals surface area (Å²) >= 11 is 0. The van der Waals surface area contributed by atoms with E-state index < -0.39 is 11.2 Å². The van der Waals surface area contributed by atoms with E-state index in [1.54, 1.807) is 14.2 Å². The Bertz CT molecular complexity index is 225. The number of esters is 1. The van der Waals surface area contributed by atoms with Crippen LogP contribution in [0.3, 0.4) is 0 Å². The first kappa shape index (κ1) is 12.5. The first-order valence-electron chi connectivity index (χ1n) is 5.35. The normalized spacial score (nSPS) is 21.9. The zero-order valence-corrected chi connectivity index (χ0v) is 9.96. The van der Waals surface area contributed by atoms with Crippen molar-refractivity contribution >= 4 is 5.97 Å². The monoisotopic (exact) mass is 216 g/mol. The van der Waals surface area contributed by atoms with Crippen LogP contribution in [0.25, 0.3) is 0 Å². The van der Waals surface area contributed by atoms with Crippen molar-refractivity contribution in [1.82, 2.24) is 0 Å². The average molecular weight is 216 g/mol. The molecule has 0 aromatic rings. The smallest absolute Gasteiger partial charge is 0.312 e. The van der Waals surface area contributed by atoms with Crippen LogP contribution in [-0.4, -0.2) is 32.6 Å². The van der Waals surface area contributed by atoms with Crippen LogP contribution in [0.1, 0.15) is 33.1 Å². The quantitative estimate of drug-likeness (QED) is 0.518. The predicted molar refractivity (Wildman–Crippen MR) is 55.3 cm³/mol. The van der Waals surface area contributed by atoms with Crippen molar-refractivity contribution in [3.8, 4) is 0 Å². The molecule has 1 saturated carbocycles. The number of carbonyl (C=O) groups is 1. The largest absolute Gasteiger partial charge is 0.466 e. The fourth-order valence-corrected chi connectivity index (χ4v) is 2.17. The molecule has 0 aromatic carbocycles. The second-order valence-corrected chi connectivity index (χ2v) is 4.03. The van der Waals surface area contributed by atoms with Crippen molar-refractivity contribution in [1.29, 1.82) is 0 Å². The summed E-state index contributed by atoms with van der Waals surface area (Å²) in [4.78, 5) is 11.8. The Morgan fingerprint density at radius 3 is 2.07 bits per heavy atom. The molecule has 0 atom stereocenters. The average Bonchev–Trinajstić information content (AvgIpc) is 2.19. The van der Waals surface area contributed by atoms with E-state index in [-0.39, 0.29) is 5.97 Å². The third-order valence-electron chi connectivity index (χ3n) is 3.34. The van der Waals surface area contributed by atoms with Crippen molar-refractivity contribution in [3.63, 3.8) is 0 Å². The van der Waals surface area contributed by atoms with E-state index in [9.17, 15) is 4.79 Å². The molecule has 0 spiro atoms. The van der Waals surface area contributed by atoms with Crippen molar-refractivity contribution in [3.05, 3.63) is 0 Å². The SMILES string of the molecule is CCOC(=O)C1(CC)CC(OC)(OC)C1. The van der Waals surface area contributed by atoms with Gasteiger partial charge in [-0.3, -0.25) is 4.79 Å². The summed E-state index contributed by atoms with van der Waals surface area (Å²) in [7, 11) is 3.21. The lowest BCUT2D eigenvalue weighted by atomic mass is 9.62. The molecule has 4 heteroatoms.